The van der Waals surface area contributed by atoms with E-state index in [1.165, 1.54) is 0 Å². The standard InChI is InChI=1S/C16H18N2O/c1-2-18(15-11-7-4-8-12-15)16(19)13-17-14-9-5-3-6-10-14/h3-12,17H,2,13H2,1H3. The molecule has 1 amide bonds. The minimum atomic E-state index is 0.0672. The van der Waals surface area contributed by atoms with Gasteiger partial charge in [-0.05, 0) is 31.2 Å². The third-order valence-corrected chi connectivity index (χ3v) is 2.90. The number of hydrogen-bond donors (Lipinski definition) is 1. The Morgan fingerprint density at radius 3 is 2.16 bits per heavy atom. The number of anilines is 2. The largest absolute Gasteiger partial charge is 0.376 e. The summed E-state index contributed by atoms with van der Waals surface area (Å²) in [5, 5.41) is 3.14. The molecule has 19 heavy (non-hydrogen) atoms. The number of para-hydroxylation sites is 2. The van der Waals surface area contributed by atoms with Crippen LogP contribution in [0.15, 0.2) is 60.7 Å². The molecule has 98 valence electrons. The van der Waals surface area contributed by atoms with Gasteiger partial charge in [0.05, 0.1) is 6.54 Å². The van der Waals surface area contributed by atoms with Crippen molar-refractivity contribution in [2.75, 3.05) is 23.3 Å². The van der Waals surface area contributed by atoms with E-state index >= 15 is 0 Å². The summed E-state index contributed by atoms with van der Waals surface area (Å²) in [5.41, 5.74) is 1.89. The van der Waals surface area contributed by atoms with Gasteiger partial charge in [0.15, 0.2) is 0 Å². The number of likely N-dealkylation sites (N-methyl/N-ethyl adjacent to an activating group) is 1. The van der Waals surface area contributed by atoms with Crippen LogP contribution in [-0.4, -0.2) is 19.0 Å². The molecule has 0 aliphatic carbocycles. The van der Waals surface area contributed by atoms with Crippen LogP contribution in [0.2, 0.25) is 0 Å². The van der Waals surface area contributed by atoms with Crippen molar-refractivity contribution >= 4 is 17.3 Å². The second-order valence-corrected chi connectivity index (χ2v) is 4.19. The van der Waals surface area contributed by atoms with Crippen molar-refractivity contribution in [3.8, 4) is 0 Å². The van der Waals surface area contributed by atoms with Crippen molar-refractivity contribution in [1.82, 2.24) is 0 Å². The second kappa shape index (κ2) is 6.59. The van der Waals surface area contributed by atoms with Crippen molar-refractivity contribution in [2.45, 2.75) is 6.92 Å². The number of nitrogens with zero attached hydrogens (tertiary/aromatic N) is 1. The Bertz CT molecular complexity index is 511. The first-order valence-corrected chi connectivity index (χ1v) is 6.45. The summed E-state index contributed by atoms with van der Waals surface area (Å²) in [6.45, 7) is 2.94. The molecule has 0 unspecified atom stereocenters. The summed E-state index contributed by atoms with van der Waals surface area (Å²) in [6, 6.07) is 19.5. The summed E-state index contributed by atoms with van der Waals surface area (Å²) < 4.78 is 0. The Kier molecular flexibility index (Phi) is 4.56. The van der Waals surface area contributed by atoms with Gasteiger partial charge in [-0.15, -0.1) is 0 Å². The molecule has 2 rings (SSSR count). The van der Waals surface area contributed by atoms with Gasteiger partial charge in [-0.25, -0.2) is 0 Å². The molecule has 0 aliphatic heterocycles. The highest BCUT2D eigenvalue weighted by atomic mass is 16.2. The second-order valence-electron chi connectivity index (χ2n) is 4.19. The first kappa shape index (κ1) is 13.1. The molecular formula is C16H18N2O. The highest BCUT2D eigenvalue weighted by Crippen LogP contribution is 2.13. The van der Waals surface area contributed by atoms with Crippen LogP contribution in [0, 0.1) is 0 Å². The fourth-order valence-electron chi connectivity index (χ4n) is 1.94. The average Bonchev–Trinajstić information content (AvgIpc) is 2.48. The van der Waals surface area contributed by atoms with Gasteiger partial charge in [0.1, 0.15) is 0 Å². The van der Waals surface area contributed by atoms with Gasteiger partial charge in [0, 0.05) is 17.9 Å². The van der Waals surface area contributed by atoms with Crippen LogP contribution in [0.5, 0.6) is 0 Å². The molecule has 0 heterocycles. The molecule has 0 bridgehead atoms. The number of amides is 1. The molecule has 2 aromatic carbocycles. The van der Waals surface area contributed by atoms with Crippen LogP contribution in [0.25, 0.3) is 0 Å². The van der Waals surface area contributed by atoms with Crippen molar-refractivity contribution in [3.63, 3.8) is 0 Å². The van der Waals surface area contributed by atoms with E-state index in [4.69, 9.17) is 0 Å². The Morgan fingerprint density at radius 2 is 1.58 bits per heavy atom. The fourth-order valence-corrected chi connectivity index (χ4v) is 1.94. The zero-order valence-electron chi connectivity index (χ0n) is 11.0. The molecule has 3 heteroatoms. The predicted molar refractivity (Wildman–Crippen MR) is 79.4 cm³/mol. The molecule has 0 spiro atoms. The molecule has 0 atom stereocenters. The van der Waals surface area contributed by atoms with Gasteiger partial charge in [0.2, 0.25) is 5.91 Å². The Morgan fingerprint density at radius 1 is 1.00 bits per heavy atom. The Hall–Kier alpha value is -2.29. The number of benzene rings is 2. The molecule has 3 nitrogen and oxygen atoms in total. The molecule has 0 fully saturated rings. The molecule has 1 N–H and O–H groups in total. The first-order chi connectivity index (χ1) is 9.31. The van der Waals surface area contributed by atoms with Gasteiger partial charge in [-0.3, -0.25) is 4.79 Å². The Labute approximate surface area is 113 Å². The number of hydrogen-bond acceptors (Lipinski definition) is 2. The van der Waals surface area contributed by atoms with Crippen LogP contribution >= 0.6 is 0 Å². The Balaban J connectivity index is 1.98. The van der Waals surface area contributed by atoms with E-state index in [0.29, 0.717) is 13.1 Å². The van der Waals surface area contributed by atoms with Crippen LogP contribution in [0.4, 0.5) is 11.4 Å². The van der Waals surface area contributed by atoms with Gasteiger partial charge >= 0.3 is 0 Å². The summed E-state index contributed by atoms with van der Waals surface area (Å²) in [5.74, 6) is 0.0672. The molecular weight excluding hydrogens is 236 g/mol. The lowest BCUT2D eigenvalue weighted by Gasteiger charge is -2.21. The van der Waals surface area contributed by atoms with Gasteiger partial charge in [0.25, 0.3) is 0 Å². The minimum Gasteiger partial charge on any atom is -0.376 e. The van der Waals surface area contributed by atoms with Crippen molar-refractivity contribution in [2.24, 2.45) is 0 Å². The summed E-state index contributed by atoms with van der Waals surface area (Å²) in [4.78, 5) is 14.0. The topological polar surface area (TPSA) is 32.3 Å². The van der Waals surface area contributed by atoms with Crippen molar-refractivity contribution in [1.29, 1.82) is 0 Å². The summed E-state index contributed by atoms with van der Waals surface area (Å²) >= 11 is 0. The minimum absolute atomic E-state index is 0.0672. The van der Waals surface area contributed by atoms with E-state index in [1.807, 2.05) is 67.6 Å². The van der Waals surface area contributed by atoms with Gasteiger partial charge in [-0.2, -0.15) is 0 Å². The quantitative estimate of drug-likeness (QED) is 0.889. The SMILES string of the molecule is CCN(C(=O)CNc1ccccc1)c1ccccc1. The molecule has 2 aromatic rings. The molecule has 0 saturated heterocycles. The molecule has 0 aromatic heterocycles. The summed E-state index contributed by atoms with van der Waals surface area (Å²) in [7, 11) is 0. The average molecular weight is 254 g/mol. The molecule has 0 radical (unpaired) electrons. The highest BCUT2D eigenvalue weighted by Gasteiger charge is 2.12. The van der Waals surface area contributed by atoms with Gasteiger partial charge < -0.3 is 10.2 Å². The molecule has 0 saturated carbocycles. The van der Waals surface area contributed by atoms with Crippen LogP contribution < -0.4 is 10.2 Å². The highest BCUT2D eigenvalue weighted by molar-refractivity contribution is 5.96. The maximum absolute atomic E-state index is 12.2. The third-order valence-electron chi connectivity index (χ3n) is 2.90. The van der Waals surface area contributed by atoms with E-state index in [0.717, 1.165) is 11.4 Å². The maximum Gasteiger partial charge on any atom is 0.246 e. The van der Waals surface area contributed by atoms with Crippen molar-refractivity contribution < 1.29 is 4.79 Å². The van der Waals surface area contributed by atoms with Crippen LogP contribution in [-0.2, 0) is 4.79 Å². The zero-order valence-corrected chi connectivity index (χ0v) is 11.0. The number of carbonyl (C=O) groups excluding carboxylic acids is 1. The van der Waals surface area contributed by atoms with E-state index < -0.39 is 0 Å². The van der Waals surface area contributed by atoms with Crippen molar-refractivity contribution in [3.05, 3.63) is 60.7 Å². The van der Waals surface area contributed by atoms with E-state index in [1.54, 1.807) is 4.90 Å². The van der Waals surface area contributed by atoms with Crippen LogP contribution in [0.1, 0.15) is 6.92 Å². The normalized spacial score (nSPS) is 9.95. The maximum atomic E-state index is 12.2. The molecule has 0 aliphatic rings. The zero-order chi connectivity index (χ0) is 13.5. The lowest BCUT2D eigenvalue weighted by molar-refractivity contribution is -0.116. The number of nitrogens with one attached hydrogen (secondary N) is 1. The monoisotopic (exact) mass is 254 g/mol. The lowest BCUT2D eigenvalue weighted by atomic mass is 10.2. The van der Waals surface area contributed by atoms with E-state index in [-0.39, 0.29) is 5.91 Å². The van der Waals surface area contributed by atoms with Crippen LogP contribution in [0.3, 0.4) is 0 Å². The predicted octanol–water partition coefficient (Wildman–Crippen LogP) is 3.15. The lowest BCUT2D eigenvalue weighted by Crippen LogP contribution is -2.35. The number of rotatable bonds is 5. The third kappa shape index (κ3) is 3.58. The summed E-state index contributed by atoms with van der Waals surface area (Å²) in [6.07, 6.45) is 0. The number of carbonyl (C=O) groups is 1. The fraction of sp³-hybridized carbons (Fsp3) is 0.188. The first-order valence-electron chi connectivity index (χ1n) is 6.45. The van der Waals surface area contributed by atoms with E-state index in [9.17, 15) is 4.79 Å². The smallest absolute Gasteiger partial charge is 0.246 e. The van der Waals surface area contributed by atoms with Gasteiger partial charge in [-0.1, -0.05) is 36.4 Å². The van der Waals surface area contributed by atoms with E-state index in [2.05, 4.69) is 5.32 Å².